The van der Waals surface area contributed by atoms with Gasteiger partial charge in [0.25, 0.3) is 0 Å². The van der Waals surface area contributed by atoms with E-state index in [-0.39, 0.29) is 18.1 Å². The van der Waals surface area contributed by atoms with Gasteiger partial charge in [-0.25, -0.2) is 4.98 Å². The molecule has 1 N–H and O–H groups in total. The number of imidazole rings is 1. The summed E-state index contributed by atoms with van der Waals surface area (Å²) in [7, 11) is 2.07. The lowest BCUT2D eigenvalue weighted by Gasteiger charge is -2.37. The number of hydrogen-bond acceptors (Lipinski definition) is 3. The Balaban J connectivity index is 1.79. The Morgan fingerprint density at radius 3 is 3.00 bits per heavy atom. The second-order valence-electron chi connectivity index (χ2n) is 6.00. The summed E-state index contributed by atoms with van der Waals surface area (Å²) in [6.45, 7) is 1.80. The number of aromatic nitrogens is 2. The van der Waals surface area contributed by atoms with Crippen LogP contribution in [0.25, 0.3) is 11.3 Å². The van der Waals surface area contributed by atoms with Crippen molar-refractivity contribution < 1.29 is 5.11 Å². The summed E-state index contributed by atoms with van der Waals surface area (Å²) in [6.07, 6.45) is 4.58. The molecule has 0 saturated carbocycles. The van der Waals surface area contributed by atoms with Crippen molar-refractivity contribution in [3.8, 4) is 11.3 Å². The van der Waals surface area contributed by atoms with Crippen molar-refractivity contribution in [1.82, 2.24) is 14.5 Å². The van der Waals surface area contributed by atoms with Gasteiger partial charge in [0.15, 0.2) is 0 Å². The predicted octanol–water partition coefficient (Wildman–Crippen LogP) is 1.77. The Morgan fingerprint density at radius 1 is 1.30 bits per heavy atom. The lowest BCUT2D eigenvalue weighted by molar-refractivity contribution is 0.0166. The summed E-state index contributed by atoms with van der Waals surface area (Å²) in [5.74, 6) is 0.266. The van der Waals surface area contributed by atoms with Crippen LogP contribution in [0.15, 0.2) is 36.8 Å². The van der Waals surface area contributed by atoms with Crippen LogP contribution in [0.5, 0.6) is 0 Å². The largest absolute Gasteiger partial charge is 0.391 e. The van der Waals surface area contributed by atoms with Crippen LogP contribution < -0.4 is 0 Å². The number of hydrogen-bond donors (Lipinski definition) is 1. The van der Waals surface area contributed by atoms with E-state index < -0.39 is 0 Å². The average molecular weight is 269 g/mol. The number of nitrogens with zero attached hydrogens (tertiary/aromatic N) is 3. The first-order valence-electron chi connectivity index (χ1n) is 7.23. The molecule has 4 heteroatoms. The molecule has 1 fully saturated rings. The first kappa shape index (κ1) is 12.1. The summed E-state index contributed by atoms with van der Waals surface area (Å²) >= 11 is 0. The van der Waals surface area contributed by atoms with E-state index in [9.17, 15) is 5.11 Å². The maximum Gasteiger partial charge on any atom is 0.0956 e. The number of aliphatic hydroxyl groups excluding tert-OH is 1. The number of aliphatic hydroxyl groups is 1. The molecule has 1 saturated heterocycles. The quantitative estimate of drug-likeness (QED) is 0.858. The zero-order valence-corrected chi connectivity index (χ0v) is 11.6. The number of likely N-dealkylation sites (tertiary alicyclic amines) is 1. The van der Waals surface area contributed by atoms with Crippen LogP contribution in [0, 0.1) is 5.92 Å². The summed E-state index contributed by atoms with van der Waals surface area (Å²) in [5, 5.41) is 10.5. The second kappa shape index (κ2) is 4.43. The van der Waals surface area contributed by atoms with E-state index in [1.807, 2.05) is 12.5 Å². The van der Waals surface area contributed by atoms with E-state index >= 15 is 0 Å². The summed E-state index contributed by atoms with van der Waals surface area (Å²) < 4.78 is 2.24. The van der Waals surface area contributed by atoms with E-state index in [2.05, 4.69) is 45.8 Å². The topological polar surface area (TPSA) is 41.3 Å². The molecule has 2 aromatic rings. The minimum atomic E-state index is -0.278. The molecule has 4 rings (SSSR count). The molecule has 0 aliphatic carbocycles. The Hall–Kier alpha value is -1.65. The van der Waals surface area contributed by atoms with Gasteiger partial charge in [0.2, 0.25) is 0 Å². The van der Waals surface area contributed by atoms with Crippen LogP contribution in [-0.4, -0.2) is 45.8 Å². The molecule has 0 unspecified atom stereocenters. The highest BCUT2D eigenvalue weighted by molar-refractivity contribution is 5.69. The van der Waals surface area contributed by atoms with Crippen LogP contribution >= 0.6 is 0 Å². The minimum Gasteiger partial charge on any atom is -0.391 e. The fraction of sp³-hybridized carbons (Fsp3) is 0.438. The van der Waals surface area contributed by atoms with Gasteiger partial charge in [-0.3, -0.25) is 0 Å². The highest BCUT2D eigenvalue weighted by Gasteiger charge is 2.39. The predicted molar refractivity (Wildman–Crippen MR) is 77.4 cm³/mol. The van der Waals surface area contributed by atoms with Gasteiger partial charge in [0, 0.05) is 18.0 Å². The van der Waals surface area contributed by atoms with Crippen LogP contribution in [-0.2, 0) is 0 Å². The molecular formula is C16H19N3O. The Kier molecular flexibility index (Phi) is 2.69. The third-order valence-electron chi connectivity index (χ3n) is 4.76. The SMILES string of the molecule is CN1CC[C@@H]([C@H]2c3ccccc3-c3cncn32)[C@H](O)C1. The Bertz CT molecular complexity index is 636. The minimum absolute atomic E-state index is 0.229. The fourth-order valence-electron chi connectivity index (χ4n) is 3.79. The highest BCUT2D eigenvalue weighted by atomic mass is 16.3. The van der Waals surface area contributed by atoms with E-state index in [4.69, 9.17) is 0 Å². The van der Waals surface area contributed by atoms with Crippen molar-refractivity contribution in [3.05, 3.63) is 42.4 Å². The Morgan fingerprint density at radius 2 is 2.15 bits per heavy atom. The van der Waals surface area contributed by atoms with Gasteiger partial charge >= 0.3 is 0 Å². The van der Waals surface area contributed by atoms with Gasteiger partial charge in [-0.2, -0.15) is 0 Å². The third kappa shape index (κ3) is 1.65. The van der Waals surface area contributed by atoms with E-state index in [0.717, 1.165) is 19.5 Å². The normalized spacial score (nSPS) is 29.2. The lowest BCUT2D eigenvalue weighted by atomic mass is 9.83. The summed E-state index contributed by atoms with van der Waals surface area (Å²) in [4.78, 5) is 6.50. The fourth-order valence-corrected chi connectivity index (χ4v) is 3.79. The maximum atomic E-state index is 10.5. The first-order chi connectivity index (χ1) is 9.75. The zero-order chi connectivity index (χ0) is 13.7. The number of likely N-dealkylation sites (N-methyl/N-ethyl adjacent to an activating group) is 1. The van der Waals surface area contributed by atoms with Crippen molar-refractivity contribution in [3.63, 3.8) is 0 Å². The van der Waals surface area contributed by atoms with Crippen molar-refractivity contribution in [2.75, 3.05) is 20.1 Å². The molecule has 3 atom stereocenters. The number of benzene rings is 1. The molecule has 0 radical (unpaired) electrons. The van der Waals surface area contributed by atoms with Crippen molar-refractivity contribution in [2.24, 2.45) is 5.92 Å². The number of rotatable bonds is 1. The second-order valence-corrected chi connectivity index (χ2v) is 6.00. The van der Waals surface area contributed by atoms with Gasteiger partial charge in [0.05, 0.1) is 30.4 Å². The van der Waals surface area contributed by atoms with Gasteiger partial charge in [0.1, 0.15) is 0 Å². The van der Waals surface area contributed by atoms with E-state index in [1.54, 1.807) is 0 Å². The van der Waals surface area contributed by atoms with E-state index in [0.29, 0.717) is 0 Å². The molecular weight excluding hydrogens is 250 g/mol. The molecule has 0 amide bonds. The molecule has 20 heavy (non-hydrogen) atoms. The third-order valence-corrected chi connectivity index (χ3v) is 4.76. The lowest BCUT2D eigenvalue weighted by Crippen LogP contribution is -2.44. The van der Waals surface area contributed by atoms with Crippen LogP contribution in [0.1, 0.15) is 18.0 Å². The number of β-amino-alcohol motifs (C(OH)–C–C–N with tert-alkyl or cyclic N) is 1. The van der Waals surface area contributed by atoms with Gasteiger partial charge in [-0.15, -0.1) is 0 Å². The van der Waals surface area contributed by atoms with Gasteiger partial charge < -0.3 is 14.6 Å². The van der Waals surface area contributed by atoms with Crippen LogP contribution in [0.2, 0.25) is 0 Å². The summed E-state index contributed by atoms with van der Waals surface area (Å²) in [5.41, 5.74) is 3.77. The highest BCUT2D eigenvalue weighted by Crippen LogP contribution is 2.45. The molecule has 0 spiro atoms. The van der Waals surface area contributed by atoms with Crippen molar-refractivity contribution >= 4 is 0 Å². The van der Waals surface area contributed by atoms with Crippen molar-refractivity contribution in [1.29, 1.82) is 0 Å². The number of fused-ring (bicyclic) bond motifs is 3. The molecule has 1 aromatic carbocycles. The molecule has 2 aliphatic rings. The summed E-state index contributed by atoms with van der Waals surface area (Å²) in [6, 6.07) is 8.74. The molecule has 0 bridgehead atoms. The van der Waals surface area contributed by atoms with Crippen LogP contribution in [0.4, 0.5) is 0 Å². The molecule has 104 valence electrons. The van der Waals surface area contributed by atoms with E-state index in [1.165, 1.54) is 16.8 Å². The Labute approximate surface area is 118 Å². The molecule has 4 nitrogen and oxygen atoms in total. The molecule has 2 aliphatic heterocycles. The average Bonchev–Trinajstić information content (AvgIpc) is 3.00. The van der Waals surface area contributed by atoms with Gasteiger partial charge in [-0.05, 0) is 25.6 Å². The smallest absolute Gasteiger partial charge is 0.0956 e. The van der Waals surface area contributed by atoms with Crippen molar-refractivity contribution in [2.45, 2.75) is 18.6 Å². The zero-order valence-electron chi connectivity index (χ0n) is 11.6. The maximum absolute atomic E-state index is 10.5. The van der Waals surface area contributed by atoms with Gasteiger partial charge in [-0.1, -0.05) is 24.3 Å². The first-order valence-corrected chi connectivity index (χ1v) is 7.23. The molecule has 1 aromatic heterocycles. The number of piperidine rings is 1. The van der Waals surface area contributed by atoms with Crippen LogP contribution in [0.3, 0.4) is 0 Å². The standard InChI is InChI=1S/C16H19N3O/c1-18-7-6-13(15(20)9-18)16-12-5-3-2-4-11(12)14-8-17-10-19(14)16/h2-5,8,10,13,15-16,20H,6-7,9H2,1H3/t13-,15-,16-/m1/s1. The molecule has 3 heterocycles. The monoisotopic (exact) mass is 269 g/mol.